The summed E-state index contributed by atoms with van der Waals surface area (Å²) in [5.41, 5.74) is 2.49. The molecule has 0 aliphatic carbocycles. The fourth-order valence-electron chi connectivity index (χ4n) is 3.60. The van der Waals surface area contributed by atoms with Crippen molar-refractivity contribution >= 4 is 28.4 Å². The second-order valence-corrected chi connectivity index (χ2v) is 7.27. The van der Waals surface area contributed by atoms with Gasteiger partial charge in [-0.05, 0) is 55.7 Å². The van der Waals surface area contributed by atoms with Gasteiger partial charge in [0.1, 0.15) is 6.54 Å². The molecule has 0 bridgehead atoms. The van der Waals surface area contributed by atoms with Crippen molar-refractivity contribution in [2.24, 2.45) is 0 Å². The van der Waals surface area contributed by atoms with Crippen LogP contribution in [0.15, 0.2) is 53.6 Å². The third-order valence-electron chi connectivity index (χ3n) is 5.18. The minimum atomic E-state index is -0.334. The third kappa shape index (κ3) is 3.89. The number of aromatic nitrogens is 2. The Morgan fingerprint density at radius 2 is 1.79 bits per heavy atom. The molecule has 0 unspecified atom stereocenters. The Balaban J connectivity index is 1.45. The standard InChI is InChI=1S/C22H22N4O3/c1-15-5-4-6-18-20(15)23-14-26(22(18)29)13-19(27)24-17-9-7-16(8-10-17)21(28)25-11-2-3-12-25/h4-10,14H,2-3,11-13H2,1H3,(H,24,27). The molecular weight excluding hydrogens is 368 g/mol. The van der Waals surface area contributed by atoms with Crippen LogP contribution in [-0.2, 0) is 11.3 Å². The van der Waals surface area contributed by atoms with Crippen LogP contribution >= 0.6 is 0 Å². The second kappa shape index (κ2) is 7.87. The maximum Gasteiger partial charge on any atom is 0.261 e. The molecule has 148 valence electrons. The van der Waals surface area contributed by atoms with E-state index >= 15 is 0 Å². The maximum atomic E-state index is 12.6. The van der Waals surface area contributed by atoms with Gasteiger partial charge >= 0.3 is 0 Å². The predicted molar refractivity (Wildman–Crippen MR) is 111 cm³/mol. The Kier molecular flexibility index (Phi) is 5.12. The van der Waals surface area contributed by atoms with Gasteiger partial charge in [-0.15, -0.1) is 0 Å². The molecule has 1 N–H and O–H groups in total. The quantitative estimate of drug-likeness (QED) is 0.742. The number of likely N-dealkylation sites (tertiary alicyclic amines) is 1. The summed E-state index contributed by atoms with van der Waals surface area (Å²) in [4.78, 5) is 43.5. The molecule has 0 radical (unpaired) electrons. The third-order valence-corrected chi connectivity index (χ3v) is 5.18. The lowest BCUT2D eigenvalue weighted by Gasteiger charge is -2.15. The van der Waals surface area contributed by atoms with Crippen LogP contribution in [0, 0.1) is 6.92 Å². The molecule has 3 aromatic rings. The first-order valence-corrected chi connectivity index (χ1v) is 9.67. The first kappa shape index (κ1) is 18.9. The zero-order chi connectivity index (χ0) is 20.4. The molecule has 0 spiro atoms. The Hall–Kier alpha value is -3.48. The van der Waals surface area contributed by atoms with Crippen molar-refractivity contribution in [3.63, 3.8) is 0 Å². The highest BCUT2D eigenvalue weighted by atomic mass is 16.2. The number of benzene rings is 2. The van der Waals surface area contributed by atoms with Gasteiger partial charge in [0, 0.05) is 24.3 Å². The van der Waals surface area contributed by atoms with Crippen LogP contribution in [0.2, 0.25) is 0 Å². The fourth-order valence-corrected chi connectivity index (χ4v) is 3.60. The van der Waals surface area contributed by atoms with Crippen LogP contribution in [0.25, 0.3) is 10.9 Å². The number of para-hydroxylation sites is 1. The van der Waals surface area contributed by atoms with Gasteiger partial charge in [0.05, 0.1) is 17.2 Å². The average Bonchev–Trinajstić information content (AvgIpc) is 3.25. The fraction of sp³-hybridized carbons (Fsp3) is 0.273. The molecule has 1 saturated heterocycles. The smallest absolute Gasteiger partial charge is 0.261 e. The Morgan fingerprint density at radius 1 is 1.07 bits per heavy atom. The Morgan fingerprint density at radius 3 is 2.52 bits per heavy atom. The molecule has 2 amide bonds. The van der Waals surface area contributed by atoms with Crippen molar-refractivity contribution in [1.29, 1.82) is 0 Å². The van der Waals surface area contributed by atoms with Crippen molar-refractivity contribution < 1.29 is 9.59 Å². The highest BCUT2D eigenvalue weighted by molar-refractivity contribution is 5.96. The van der Waals surface area contributed by atoms with Crippen molar-refractivity contribution in [2.45, 2.75) is 26.3 Å². The van der Waals surface area contributed by atoms with Crippen LogP contribution < -0.4 is 10.9 Å². The van der Waals surface area contributed by atoms with E-state index in [1.807, 2.05) is 17.9 Å². The molecule has 7 heteroatoms. The van der Waals surface area contributed by atoms with Gasteiger partial charge in [-0.2, -0.15) is 0 Å². The lowest BCUT2D eigenvalue weighted by atomic mass is 10.1. The van der Waals surface area contributed by atoms with Gasteiger partial charge in [0.25, 0.3) is 11.5 Å². The molecule has 29 heavy (non-hydrogen) atoms. The number of carbonyl (C=O) groups excluding carboxylic acids is 2. The Labute approximate surface area is 168 Å². The number of nitrogens with one attached hydrogen (secondary N) is 1. The normalized spacial score (nSPS) is 13.6. The summed E-state index contributed by atoms with van der Waals surface area (Å²) >= 11 is 0. The molecular formula is C22H22N4O3. The lowest BCUT2D eigenvalue weighted by molar-refractivity contribution is -0.116. The summed E-state index contributed by atoms with van der Waals surface area (Å²) in [6.45, 7) is 3.35. The Bertz CT molecular complexity index is 1130. The monoisotopic (exact) mass is 390 g/mol. The van der Waals surface area contributed by atoms with Crippen LogP contribution in [0.4, 0.5) is 5.69 Å². The molecule has 7 nitrogen and oxygen atoms in total. The van der Waals surface area contributed by atoms with E-state index in [0.717, 1.165) is 31.5 Å². The van der Waals surface area contributed by atoms with Gasteiger partial charge in [0.2, 0.25) is 5.91 Å². The predicted octanol–water partition coefficient (Wildman–Crippen LogP) is 2.58. The summed E-state index contributed by atoms with van der Waals surface area (Å²) in [5.74, 6) is -0.316. The van der Waals surface area contributed by atoms with Crippen molar-refractivity contribution in [2.75, 3.05) is 18.4 Å². The van der Waals surface area contributed by atoms with Crippen molar-refractivity contribution in [1.82, 2.24) is 14.5 Å². The molecule has 2 aromatic carbocycles. The highest BCUT2D eigenvalue weighted by Crippen LogP contribution is 2.16. The molecule has 0 saturated carbocycles. The molecule has 1 aromatic heterocycles. The number of fused-ring (bicyclic) bond motifs is 1. The lowest BCUT2D eigenvalue weighted by Crippen LogP contribution is -2.28. The van der Waals surface area contributed by atoms with Gasteiger partial charge < -0.3 is 10.2 Å². The van der Waals surface area contributed by atoms with Gasteiger partial charge in [-0.25, -0.2) is 4.98 Å². The van der Waals surface area contributed by atoms with E-state index in [1.165, 1.54) is 10.9 Å². The van der Waals surface area contributed by atoms with Gasteiger partial charge in [-0.1, -0.05) is 12.1 Å². The van der Waals surface area contributed by atoms with Crippen molar-refractivity contribution in [3.8, 4) is 0 Å². The van der Waals surface area contributed by atoms with Crippen molar-refractivity contribution in [3.05, 3.63) is 70.3 Å². The number of carbonyl (C=O) groups is 2. The number of anilines is 1. The zero-order valence-electron chi connectivity index (χ0n) is 16.2. The maximum absolute atomic E-state index is 12.6. The zero-order valence-corrected chi connectivity index (χ0v) is 16.2. The summed E-state index contributed by atoms with van der Waals surface area (Å²) in [5, 5.41) is 3.25. The van der Waals surface area contributed by atoms with Crippen LogP contribution in [0.1, 0.15) is 28.8 Å². The van der Waals surface area contributed by atoms with Crippen LogP contribution in [0.3, 0.4) is 0 Å². The first-order chi connectivity index (χ1) is 14.0. The topological polar surface area (TPSA) is 84.3 Å². The average molecular weight is 390 g/mol. The van der Waals surface area contributed by atoms with Gasteiger partial charge in [-0.3, -0.25) is 19.0 Å². The SMILES string of the molecule is Cc1cccc2c(=O)n(CC(=O)Nc3ccc(C(=O)N4CCCC4)cc3)cnc12. The van der Waals surface area contributed by atoms with Crippen LogP contribution in [0.5, 0.6) is 0 Å². The van der Waals surface area contributed by atoms with E-state index < -0.39 is 0 Å². The minimum absolute atomic E-state index is 0.0180. The van der Waals surface area contributed by atoms with Crippen LogP contribution in [-0.4, -0.2) is 39.4 Å². The molecule has 1 fully saturated rings. The van der Waals surface area contributed by atoms with E-state index in [9.17, 15) is 14.4 Å². The first-order valence-electron chi connectivity index (χ1n) is 9.67. The largest absolute Gasteiger partial charge is 0.339 e. The molecule has 4 rings (SSSR count). The number of hydrogen-bond donors (Lipinski definition) is 1. The van der Waals surface area contributed by atoms with Gasteiger partial charge in [0.15, 0.2) is 0 Å². The summed E-state index contributed by atoms with van der Waals surface area (Å²) < 4.78 is 1.29. The molecule has 0 atom stereocenters. The second-order valence-electron chi connectivity index (χ2n) is 7.27. The summed E-state index contributed by atoms with van der Waals surface area (Å²) in [6, 6.07) is 12.2. The van der Waals surface area contributed by atoms with E-state index in [-0.39, 0.29) is 23.9 Å². The van der Waals surface area contributed by atoms with E-state index in [4.69, 9.17) is 0 Å². The van der Waals surface area contributed by atoms with E-state index in [1.54, 1.807) is 36.4 Å². The minimum Gasteiger partial charge on any atom is -0.339 e. The number of rotatable bonds is 4. The number of amides is 2. The summed E-state index contributed by atoms with van der Waals surface area (Å²) in [7, 11) is 0. The number of hydrogen-bond acceptors (Lipinski definition) is 4. The molecule has 2 heterocycles. The number of nitrogens with zero attached hydrogens (tertiary/aromatic N) is 3. The van der Waals surface area contributed by atoms with E-state index in [0.29, 0.717) is 22.2 Å². The summed E-state index contributed by atoms with van der Waals surface area (Å²) in [6.07, 6.45) is 3.49. The van der Waals surface area contributed by atoms with E-state index in [2.05, 4.69) is 10.3 Å². The molecule has 1 aliphatic rings. The molecule has 1 aliphatic heterocycles. The highest BCUT2D eigenvalue weighted by Gasteiger charge is 2.19. The number of aryl methyl sites for hydroxylation is 1.